The monoisotopic (exact) mass is 185 g/mol. The van der Waals surface area contributed by atoms with Gasteiger partial charge in [0.1, 0.15) is 0 Å². The molecule has 0 amide bonds. The van der Waals surface area contributed by atoms with E-state index in [0.717, 1.165) is 5.41 Å². The Bertz CT molecular complexity index is 142. The molecule has 0 radical (unpaired) electrons. The number of thiol groups is 1. The highest BCUT2D eigenvalue weighted by Crippen LogP contribution is 2.44. The van der Waals surface area contributed by atoms with Gasteiger partial charge in [-0.3, -0.25) is 4.31 Å². The predicted molar refractivity (Wildman–Crippen MR) is 55.3 cm³/mol. The molecule has 1 spiro atoms. The minimum absolute atomic E-state index is 0.747. The van der Waals surface area contributed by atoms with Gasteiger partial charge in [-0.15, -0.1) is 0 Å². The van der Waals surface area contributed by atoms with Crippen molar-refractivity contribution in [2.75, 3.05) is 13.1 Å². The third-order valence-electron chi connectivity index (χ3n) is 3.71. The molecule has 0 atom stereocenters. The minimum Gasteiger partial charge on any atom is -0.253 e. The second-order valence-corrected chi connectivity index (χ2v) is 5.08. The molecular formula is C10H19NS. The van der Waals surface area contributed by atoms with E-state index >= 15 is 0 Å². The maximum absolute atomic E-state index is 4.40. The smallest absolute Gasteiger partial charge is 0.00922 e. The fraction of sp³-hybridized carbons (Fsp3) is 1.00. The van der Waals surface area contributed by atoms with E-state index < -0.39 is 0 Å². The summed E-state index contributed by atoms with van der Waals surface area (Å²) in [5.41, 5.74) is 0.747. The van der Waals surface area contributed by atoms with E-state index in [9.17, 15) is 0 Å². The summed E-state index contributed by atoms with van der Waals surface area (Å²) in [5.74, 6) is 0. The highest BCUT2D eigenvalue weighted by atomic mass is 32.1. The zero-order valence-electron chi connectivity index (χ0n) is 7.76. The number of piperidine rings is 1. The van der Waals surface area contributed by atoms with Crippen molar-refractivity contribution in [3.05, 3.63) is 0 Å². The van der Waals surface area contributed by atoms with E-state index in [-0.39, 0.29) is 0 Å². The summed E-state index contributed by atoms with van der Waals surface area (Å²) in [6.45, 7) is 2.42. The van der Waals surface area contributed by atoms with Crippen LogP contribution >= 0.6 is 12.8 Å². The van der Waals surface area contributed by atoms with Crippen LogP contribution in [-0.4, -0.2) is 17.4 Å². The number of nitrogens with zero attached hydrogens (tertiary/aromatic N) is 1. The minimum atomic E-state index is 0.747. The Morgan fingerprint density at radius 1 is 0.833 bits per heavy atom. The quantitative estimate of drug-likeness (QED) is 0.568. The van der Waals surface area contributed by atoms with Gasteiger partial charge in [0.15, 0.2) is 0 Å². The standard InChI is InChI=1S/C10H19NS/c12-11-8-6-10(7-9-11)4-2-1-3-5-10/h12H,1-9H2. The molecule has 1 aliphatic carbocycles. The Kier molecular flexibility index (Phi) is 2.66. The fourth-order valence-electron chi connectivity index (χ4n) is 2.77. The summed E-state index contributed by atoms with van der Waals surface area (Å²) in [7, 11) is 0. The maximum atomic E-state index is 4.40. The fourth-order valence-corrected chi connectivity index (χ4v) is 2.97. The van der Waals surface area contributed by atoms with Crippen LogP contribution in [0, 0.1) is 5.41 Å². The topological polar surface area (TPSA) is 3.24 Å². The molecule has 2 aliphatic rings. The first-order valence-electron chi connectivity index (χ1n) is 5.25. The van der Waals surface area contributed by atoms with Crippen molar-refractivity contribution < 1.29 is 0 Å². The average molecular weight is 185 g/mol. The van der Waals surface area contributed by atoms with Crippen LogP contribution in [0.2, 0.25) is 0 Å². The Morgan fingerprint density at radius 3 is 2.00 bits per heavy atom. The van der Waals surface area contributed by atoms with Gasteiger partial charge in [0.05, 0.1) is 0 Å². The molecule has 0 aromatic rings. The summed E-state index contributed by atoms with van der Waals surface area (Å²) in [4.78, 5) is 0. The molecule has 2 fully saturated rings. The van der Waals surface area contributed by atoms with E-state index in [4.69, 9.17) is 0 Å². The zero-order valence-corrected chi connectivity index (χ0v) is 8.65. The largest absolute Gasteiger partial charge is 0.253 e. The Balaban J connectivity index is 1.92. The van der Waals surface area contributed by atoms with Crippen LogP contribution < -0.4 is 0 Å². The van der Waals surface area contributed by atoms with Crippen molar-refractivity contribution in [2.24, 2.45) is 5.41 Å². The van der Waals surface area contributed by atoms with E-state index in [1.54, 1.807) is 0 Å². The molecule has 70 valence electrons. The Morgan fingerprint density at radius 2 is 1.42 bits per heavy atom. The first-order chi connectivity index (χ1) is 5.81. The Labute approximate surface area is 81.1 Å². The zero-order chi connectivity index (χ0) is 8.44. The lowest BCUT2D eigenvalue weighted by Crippen LogP contribution is -2.36. The lowest BCUT2D eigenvalue weighted by molar-refractivity contribution is 0.107. The van der Waals surface area contributed by atoms with Crippen LogP contribution in [0.1, 0.15) is 44.9 Å². The van der Waals surface area contributed by atoms with Crippen LogP contribution in [0.5, 0.6) is 0 Å². The molecule has 0 N–H and O–H groups in total. The molecule has 1 aliphatic heterocycles. The van der Waals surface area contributed by atoms with Gasteiger partial charge in [-0.05, 0) is 31.1 Å². The van der Waals surface area contributed by atoms with E-state index in [1.807, 2.05) is 0 Å². The average Bonchev–Trinajstić information content (AvgIpc) is 2.13. The molecule has 12 heavy (non-hydrogen) atoms. The molecule has 1 heterocycles. The van der Waals surface area contributed by atoms with Gasteiger partial charge >= 0.3 is 0 Å². The van der Waals surface area contributed by atoms with Gasteiger partial charge in [0.25, 0.3) is 0 Å². The van der Waals surface area contributed by atoms with E-state index in [0.29, 0.717) is 0 Å². The van der Waals surface area contributed by atoms with Crippen molar-refractivity contribution in [3.63, 3.8) is 0 Å². The van der Waals surface area contributed by atoms with Crippen molar-refractivity contribution in [1.82, 2.24) is 4.31 Å². The molecule has 0 aromatic heterocycles. The summed E-state index contributed by atoms with van der Waals surface area (Å²) < 4.78 is 2.18. The molecule has 0 bridgehead atoms. The van der Waals surface area contributed by atoms with Crippen LogP contribution in [0.3, 0.4) is 0 Å². The van der Waals surface area contributed by atoms with Crippen molar-refractivity contribution in [2.45, 2.75) is 44.9 Å². The Hall–Kier alpha value is 0.310. The first-order valence-corrected chi connectivity index (χ1v) is 5.65. The first kappa shape index (κ1) is 8.89. The number of hydrogen-bond donors (Lipinski definition) is 1. The van der Waals surface area contributed by atoms with Gasteiger partial charge in [-0.2, -0.15) is 0 Å². The third-order valence-corrected chi connectivity index (χ3v) is 4.11. The summed E-state index contributed by atoms with van der Waals surface area (Å²) in [6.07, 6.45) is 10.2. The lowest BCUT2D eigenvalue weighted by Gasteiger charge is -2.42. The van der Waals surface area contributed by atoms with Gasteiger partial charge in [0.2, 0.25) is 0 Å². The highest BCUT2D eigenvalue weighted by Gasteiger charge is 2.34. The lowest BCUT2D eigenvalue weighted by atomic mass is 9.68. The van der Waals surface area contributed by atoms with Crippen molar-refractivity contribution in [1.29, 1.82) is 0 Å². The van der Waals surface area contributed by atoms with Gasteiger partial charge < -0.3 is 0 Å². The molecule has 1 saturated heterocycles. The second-order valence-electron chi connectivity index (χ2n) is 4.51. The van der Waals surface area contributed by atoms with Crippen LogP contribution in [-0.2, 0) is 0 Å². The summed E-state index contributed by atoms with van der Waals surface area (Å²) >= 11 is 4.40. The summed E-state index contributed by atoms with van der Waals surface area (Å²) in [5, 5.41) is 0. The molecule has 0 unspecified atom stereocenters. The summed E-state index contributed by atoms with van der Waals surface area (Å²) in [6, 6.07) is 0. The number of rotatable bonds is 0. The molecule has 1 nitrogen and oxygen atoms in total. The van der Waals surface area contributed by atoms with Gasteiger partial charge in [-0.1, -0.05) is 32.1 Å². The predicted octanol–water partition coefficient (Wildman–Crippen LogP) is 2.88. The molecular weight excluding hydrogens is 166 g/mol. The van der Waals surface area contributed by atoms with E-state index in [2.05, 4.69) is 17.1 Å². The highest BCUT2D eigenvalue weighted by molar-refractivity contribution is 7.77. The van der Waals surface area contributed by atoms with Gasteiger partial charge in [-0.25, -0.2) is 0 Å². The SMILES string of the molecule is SN1CCC2(CCCCC2)CC1. The molecule has 2 rings (SSSR count). The van der Waals surface area contributed by atoms with E-state index in [1.165, 1.54) is 58.0 Å². The van der Waals surface area contributed by atoms with Crippen LogP contribution in [0.25, 0.3) is 0 Å². The third kappa shape index (κ3) is 1.80. The molecule has 0 aromatic carbocycles. The van der Waals surface area contributed by atoms with Crippen LogP contribution in [0.15, 0.2) is 0 Å². The van der Waals surface area contributed by atoms with Crippen molar-refractivity contribution in [3.8, 4) is 0 Å². The van der Waals surface area contributed by atoms with Crippen LogP contribution in [0.4, 0.5) is 0 Å². The van der Waals surface area contributed by atoms with Gasteiger partial charge in [0, 0.05) is 13.1 Å². The molecule has 1 saturated carbocycles. The van der Waals surface area contributed by atoms with Crippen molar-refractivity contribution >= 4 is 12.8 Å². The maximum Gasteiger partial charge on any atom is 0.00922 e. The second kappa shape index (κ2) is 3.59. The number of hydrogen-bond acceptors (Lipinski definition) is 2. The molecule has 2 heteroatoms. The normalized spacial score (nSPS) is 30.8.